The van der Waals surface area contributed by atoms with Crippen LogP contribution in [0.2, 0.25) is 0 Å². The van der Waals surface area contributed by atoms with E-state index in [1.807, 2.05) is 6.07 Å². The lowest BCUT2D eigenvalue weighted by Gasteiger charge is -2.26. The second-order valence-corrected chi connectivity index (χ2v) is 7.20. The van der Waals surface area contributed by atoms with E-state index in [4.69, 9.17) is 4.42 Å². The molecule has 18 heavy (non-hydrogen) atoms. The van der Waals surface area contributed by atoms with Crippen LogP contribution in [0.3, 0.4) is 0 Å². The van der Waals surface area contributed by atoms with E-state index in [1.165, 1.54) is 6.42 Å². The molecule has 2 nitrogen and oxygen atoms in total. The molecule has 2 unspecified atom stereocenters. The van der Waals surface area contributed by atoms with Gasteiger partial charge < -0.3 is 9.73 Å². The summed E-state index contributed by atoms with van der Waals surface area (Å²) in [7, 11) is 0. The lowest BCUT2D eigenvalue weighted by atomic mass is 9.82. The van der Waals surface area contributed by atoms with Gasteiger partial charge in [0.05, 0.1) is 16.8 Å². The predicted octanol–water partition coefficient (Wildman–Crippen LogP) is 5.16. The maximum absolute atomic E-state index is 5.60. The maximum Gasteiger partial charge on any atom is 0.134 e. The molecule has 0 aliphatic carbocycles. The van der Waals surface area contributed by atoms with Gasteiger partial charge in [0.25, 0.3) is 0 Å². The smallest absolute Gasteiger partial charge is 0.134 e. The molecule has 3 heteroatoms. The molecular formula is C15H26BrNO. The number of hydrogen-bond donors (Lipinski definition) is 1. The molecule has 1 heterocycles. The van der Waals surface area contributed by atoms with Crippen LogP contribution < -0.4 is 5.32 Å². The first-order chi connectivity index (χ1) is 8.33. The van der Waals surface area contributed by atoms with Crippen molar-refractivity contribution in [3.05, 3.63) is 22.6 Å². The summed E-state index contributed by atoms with van der Waals surface area (Å²) in [5.41, 5.74) is 0.385. The summed E-state index contributed by atoms with van der Waals surface area (Å²) in [5, 5.41) is 3.52. The average Bonchev–Trinajstić information content (AvgIpc) is 2.60. The van der Waals surface area contributed by atoms with Crippen molar-refractivity contribution in [3.8, 4) is 0 Å². The number of furan rings is 1. The lowest BCUT2D eigenvalue weighted by Crippen LogP contribution is -2.24. The Morgan fingerprint density at radius 2 is 2.06 bits per heavy atom. The minimum absolute atomic E-state index is 0.303. The highest BCUT2D eigenvalue weighted by atomic mass is 79.9. The Kier molecular flexibility index (Phi) is 5.93. The van der Waals surface area contributed by atoms with Gasteiger partial charge in [0.2, 0.25) is 0 Å². The van der Waals surface area contributed by atoms with Crippen molar-refractivity contribution in [2.45, 2.75) is 53.5 Å². The van der Waals surface area contributed by atoms with Gasteiger partial charge in [-0.05, 0) is 52.7 Å². The second kappa shape index (κ2) is 6.76. The third kappa shape index (κ3) is 5.15. The summed E-state index contributed by atoms with van der Waals surface area (Å²) in [5.74, 6) is 1.70. The summed E-state index contributed by atoms with van der Waals surface area (Å²) in [6.07, 6.45) is 4.09. The number of rotatable bonds is 6. The largest absolute Gasteiger partial charge is 0.466 e. The van der Waals surface area contributed by atoms with Crippen LogP contribution in [0.25, 0.3) is 0 Å². The Labute approximate surface area is 120 Å². The zero-order valence-electron chi connectivity index (χ0n) is 12.2. The molecule has 0 saturated carbocycles. The molecule has 0 aliphatic heterocycles. The Hall–Kier alpha value is -0.280. The third-order valence-corrected chi connectivity index (χ3v) is 3.67. The van der Waals surface area contributed by atoms with Crippen LogP contribution >= 0.6 is 15.9 Å². The Morgan fingerprint density at radius 3 is 2.50 bits per heavy atom. The molecule has 0 aliphatic rings. The van der Waals surface area contributed by atoms with Crippen molar-refractivity contribution in [3.63, 3.8) is 0 Å². The fourth-order valence-electron chi connectivity index (χ4n) is 2.61. The lowest BCUT2D eigenvalue weighted by molar-refractivity contribution is 0.265. The summed E-state index contributed by atoms with van der Waals surface area (Å²) in [6.45, 7) is 12.3. The van der Waals surface area contributed by atoms with Crippen LogP contribution in [0, 0.1) is 11.3 Å². The molecule has 1 rings (SSSR count). The summed E-state index contributed by atoms with van der Waals surface area (Å²) >= 11 is 3.55. The van der Waals surface area contributed by atoms with Crippen molar-refractivity contribution in [1.29, 1.82) is 0 Å². The molecule has 1 aromatic heterocycles. The first-order valence-corrected chi connectivity index (χ1v) is 7.59. The van der Waals surface area contributed by atoms with E-state index in [0.717, 1.165) is 23.2 Å². The van der Waals surface area contributed by atoms with Crippen molar-refractivity contribution in [1.82, 2.24) is 5.32 Å². The SMILES string of the molecule is CCNC(CC(C)CC(C)(C)C)c1occc1Br. The van der Waals surface area contributed by atoms with Crippen molar-refractivity contribution in [2.24, 2.45) is 11.3 Å². The van der Waals surface area contributed by atoms with Crippen LogP contribution in [0.1, 0.15) is 59.3 Å². The highest BCUT2D eigenvalue weighted by molar-refractivity contribution is 9.10. The van der Waals surface area contributed by atoms with Gasteiger partial charge in [-0.3, -0.25) is 0 Å². The highest BCUT2D eigenvalue weighted by Gasteiger charge is 2.22. The summed E-state index contributed by atoms with van der Waals surface area (Å²) in [4.78, 5) is 0. The molecule has 0 aromatic carbocycles. The van der Waals surface area contributed by atoms with Gasteiger partial charge in [-0.2, -0.15) is 0 Å². The quantitative estimate of drug-likeness (QED) is 0.784. The molecule has 2 atom stereocenters. The number of nitrogens with one attached hydrogen (secondary N) is 1. The average molecular weight is 316 g/mol. The highest BCUT2D eigenvalue weighted by Crippen LogP contribution is 2.33. The van der Waals surface area contributed by atoms with E-state index < -0.39 is 0 Å². The van der Waals surface area contributed by atoms with Gasteiger partial charge in [-0.1, -0.05) is 34.6 Å². The molecule has 0 bridgehead atoms. The molecular weight excluding hydrogens is 290 g/mol. The van der Waals surface area contributed by atoms with E-state index in [-0.39, 0.29) is 0 Å². The van der Waals surface area contributed by atoms with Gasteiger partial charge in [-0.15, -0.1) is 0 Å². The molecule has 0 fully saturated rings. The molecule has 1 aromatic rings. The Bertz CT molecular complexity index is 354. The molecule has 0 amide bonds. The predicted molar refractivity (Wildman–Crippen MR) is 80.7 cm³/mol. The zero-order chi connectivity index (χ0) is 13.8. The fraction of sp³-hybridized carbons (Fsp3) is 0.733. The molecule has 104 valence electrons. The van der Waals surface area contributed by atoms with E-state index >= 15 is 0 Å². The normalized spacial score (nSPS) is 15.7. The standard InChI is InChI=1S/C15H26BrNO/c1-6-17-13(14-12(16)7-8-18-14)9-11(2)10-15(3,4)5/h7-8,11,13,17H,6,9-10H2,1-5H3. The molecule has 0 saturated heterocycles. The minimum Gasteiger partial charge on any atom is -0.466 e. The van der Waals surface area contributed by atoms with Crippen LogP contribution in [0.15, 0.2) is 21.2 Å². The van der Waals surface area contributed by atoms with E-state index in [1.54, 1.807) is 6.26 Å². The third-order valence-electron chi connectivity index (χ3n) is 3.01. The van der Waals surface area contributed by atoms with Gasteiger partial charge in [0.1, 0.15) is 5.76 Å². The Morgan fingerprint density at radius 1 is 1.39 bits per heavy atom. The summed E-state index contributed by atoms with van der Waals surface area (Å²) < 4.78 is 6.67. The van der Waals surface area contributed by atoms with Crippen LogP contribution in [0.5, 0.6) is 0 Å². The first-order valence-electron chi connectivity index (χ1n) is 6.79. The van der Waals surface area contributed by atoms with Gasteiger partial charge >= 0.3 is 0 Å². The van der Waals surface area contributed by atoms with Gasteiger partial charge in [0.15, 0.2) is 0 Å². The van der Waals surface area contributed by atoms with E-state index in [2.05, 4.69) is 55.9 Å². The van der Waals surface area contributed by atoms with Crippen LogP contribution in [-0.4, -0.2) is 6.54 Å². The summed E-state index contributed by atoms with van der Waals surface area (Å²) in [6, 6.07) is 2.27. The fourth-order valence-corrected chi connectivity index (χ4v) is 3.09. The second-order valence-electron chi connectivity index (χ2n) is 6.35. The van der Waals surface area contributed by atoms with Crippen LogP contribution in [0.4, 0.5) is 0 Å². The molecule has 0 spiro atoms. The first kappa shape index (κ1) is 15.8. The minimum atomic E-state index is 0.303. The topological polar surface area (TPSA) is 25.2 Å². The van der Waals surface area contributed by atoms with Crippen LogP contribution in [-0.2, 0) is 0 Å². The van der Waals surface area contributed by atoms with Crippen molar-refractivity contribution < 1.29 is 4.42 Å². The number of halogens is 1. The molecule has 0 radical (unpaired) electrons. The molecule has 1 N–H and O–H groups in total. The van der Waals surface area contributed by atoms with E-state index in [9.17, 15) is 0 Å². The van der Waals surface area contributed by atoms with E-state index in [0.29, 0.717) is 17.4 Å². The van der Waals surface area contributed by atoms with Crippen molar-refractivity contribution in [2.75, 3.05) is 6.54 Å². The van der Waals surface area contributed by atoms with Gasteiger partial charge in [0, 0.05) is 0 Å². The Balaban J connectivity index is 2.67. The van der Waals surface area contributed by atoms with Gasteiger partial charge in [-0.25, -0.2) is 0 Å². The zero-order valence-corrected chi connectivity index (χ0v) is 13.8. The monoisotopic (exact) mass is 315 g/mol. The number of hydrogen-bond acceptors (Lipinski definition) is 2. The maximum atomic E-state index is 5.60. The van der Waals surface area contributed by atoms with Crippen molar-refractivity contribution >= 4 is 15.9 Å².